The van der Waals surface area contributed by atoms with E-state index < -0.39 is 0 Å². The van der Waals surface area contributed by atoms with Crippen LogP contribution in [0, 0.1) is 11.8 Å². The number of hydrogen-bond acceptors (Lipinski definition) is 2. The second-order valence-corrected chi connectivity index (χ2v) is 7.73. The van der Waals surface area contributed by atoms with Crippen molar-refractivity contribution in [2.45, 2.75) is 45.7 Å². The van der Waals surface area contributed by atoms with Gasteiger partial charge in [0.1, 0.15) is 0 Å². The van der Waals surface area contributed by atoms with Crippen LogP contribution in [0.25, 0.3) is 0 Å². The molecule has 3 unspecified atom stereocenters. The van der Waals surface area contributed by atoms with Crippen LogP contribution in [0.2, 0.25) is 5.02 Å². The summed E-state index contributed by atoms with van der Waals surface area (Å²) in [5.41, 5.74) is 1.20. The van der Waals surface area contributed by atoms with Gasteiger partial charge in [0.05, 0.1) is 12.1 Å². The van der Waals surface area contributed by atoms with E-state index in [1.807, 2.05) is 18.2 Å². The SMILES string of the molecule is CC1CCCC(NC(=O)c2ccc(=O)n(Cc3ccccc3Cl)c2)C1C. The minimum absolute atomic E-state index is 0.121. The molecule has 0 bridgehead atoms. The standard InChI is InChI=1S/C21H25ClN2O2/c1-14-6-5-9-19(15(14)2)23-21(26)17-10-11-20(25)24(13-17)12-16-7-3-4-8-18(16)22/h3-4,7-8,10-11,13-15,19H,5-6,9,12H2,1-2H3,(H,23,26). The van der Waals surface area contributed by atoms with Crippen molar-refractivity contribution in [3.05, 3.63) is 69.1 Å². The Balaban J connectivity index is 1.77. The third-order valence-electron chi connectivity index (χ3n) is 5.57. The second-order valence-electron chi connectivity index (χ2n) is 7.32. The number of aromatic nitrogens is 1. The van der Waals surface area contributed by atoms with Crippen LogP contribution in [0.15, 0.2) is 47.4 Å². The molecule has 0 spiro atoms. The summed E-state index contributed by atoms with van der Waals surface area (Å²) in [4.78, 5) is 24.9. The van der Waals surface area contributed by atoms with E-state index in [1.54, 1.807) is 18.3 Å². The monoisotopic (exact) mass is 372 g/mol. The first kappa shape index (κ1) is 18.7. The lowest BCUT2D eigenvalue weighted by Crippen LogP contribution is -2.44. The van der Waals surface area contributed by atoms with Gasteiger partial charge < -0.3 is 9.88 Å². The number of rotatable bonds is 4. The van der Waals surface area contributed by atoms with Crippen molar-refractivity contribution >= 4 is 17.5 Å². The minimum Gasteiger partial charge on any atom is -0.349 e. The molecule has 2 aromatic rings. The number of pyridine rings is 1. The van der Waals surface area contributed by atoms with E-state index in [-0.39, 0.29) is 17.5 Å². The van der Waals surface area contributed by atoms with E-state index in [0.717, 1.165) is 18.4 Å². The molecule has 0 aliphatic heterocycles. The molecule has 0 radical (unpaired) electrons. The molecular weight excluding hydrogens is 348 g/mol. The Morgan fingerprint density at radius 3 is 2.73 bits per heavy atom. The molecule has 4 nitrogen and oxygen atoms in total. The molecule has 1 aromatic heterocycles. The smallest absolute Gasteiger partial charge is 0.252 e. The number of halogens is 1. The first-order valence-corrected chi connectivity index (χ1v) is 9.58. The van der Waals surface area contributed by atoms with Gasteiger partial charge >= 0.3 is 0 Å². The maximum absolute atomic E-state index is 12.7. The summed E-state index contributed by atoms with van der Waals surface area (Å²) in [5, 5.41) is 3.77. The lowest BCUT2D eigenvalue weighted by molar-refractivity contribution is 0.0890. The van der Waals surface area contributed by atoms with Crippen molar-refractivity contribution in [1.29, 1.82) is 0 Å². The molecule has 26 heavy (non-hydrogen) atoms. The predicted molar refractivity (Wildman–Crippen MR) is 105 cm³/mol. The molecule has 1 amide bonds. The molecule has 1 fully saturated rings. The Morgan fingerprint density at radius 2 is 1.96 bits per heavy atom. The van der Waals surface area contributed by atoms with Gasteiger partial charge in [-0.3, -0.25) is 9.59 Å². The fourth-order valence-electron chi connectivity index (χ4n) is 3.64. The lowest BCUT2D eigenvalue weighted by atomic mass is 9.78. The number of nitrogens with zero attached hydrogens (tertiary/aromatic N) is 1. The fourth-order valence-corrected chi connectivity index (χ4v) is 3.83. The van der Waals surface area contributed by atoms with Crippen LogP contribution in [0.4, 0.5) is 0 Å². The molecule has 1 aromatic carbocycles. The van der Waals surface area contributed by atoms with E-state index in [4.69, 9.17) is 11.6 Å². The highest BCUT2D eigenvalue weighted by molar-refractivity contribution is 6.31. The van der Waals surface area contributed by atoms with Crippen LogP contribution >= 0.6 is 11.6 Å². The van der Waals surface area contributed by atoms with Crippen molar-refractivity contribution in [1.82, 2.24) is 9.88 Å². The molecule has 5 heteroatoms. The number of carbonyl (C=O) groups is 1. The number of carbonyl (C=O) groups excluding carboxylic acids is 1. The number of nitrogens with one attached hydrogen (secondary N) is 1. The first-order valence-electron chi connectivity index (χ1n) is 9.20. The molecule has 1 aliphatic rings. The third-order valence-corrected chi connectivity index (χ3v) is 5.94. The Hall–Kier alpha value is -2.07. The van der Waals surface area contributed by atoms with Crippen LogP contribution in [0.1, 0.15) is 49.0 Å². The van der Waals surface area contributed by atoms with E-state index >= 15 is 0 Å². The van der Waals surface area contributed by atoms with E-state index in [0.29, 0.717) is 29.0 Å². The van der Waals surface area contributed by atoms with E-state index in [1.165, 1.54) is 17.1 Å². The highest BCUT2D eigenvalue weighted by atomic mass is 35.5. The van der Waals surface area contributed by atoms with Crippen molar-refractivity contribution in [2.75, 3.05) is 0 Å². The van der Waals surface area contributed by atoms with Gasteiger partial charge in [0.15, 0.2) is 0 Å². The summed E-state index contributed by atoms with van der Waals surface area (Å²) in [7, 11) is 0. The highest BCUT2D eigenvalue weighted by Gasteiger charge is 2.28. The summed E-state index contributed by atoms with van der Waals surface area (Å²) < 4.78 is 1.53. The third kappa shape index (κ3) is 4.18. The molecule has 1 N–H and O–H groups in total. The number of hydrogen-bond donors (Lipinski definition) is 1. The zero-order valence-electron chi connectivity index (χ0n) is 15.2. The molecule has 3 atom stereocenters. The van der Waals surface area contributed by atoms with Crippen LogP contribution in [0.5, 0.6) is 0 Å². The Kier molecular flexibility index (Phi) is 5.82. The number of benzene rings is 1. The van der Waals surface area contributed by atoms with Gasteiger partial charge in [-0.2, -0.15) is 0 Å². The summed E-state index contributed by atoms with van der Waals surface area (Å²) in [6, 6.07) is 10.6. The van der Waals surface area contributed by atoms with Crippen LogP contribution in [-0.2, 0) is 6.54 Å². The minimum atomic E-state index is -0.152. The van der Waals surface area contributed by atoms with Crippen LogP contribution < -0.4 is 10.9 Å². The summed E-state index contributed by atoms with van der Waals surface area (Å²) in [5.74, 6) is 0.953. The molecule has 3 rings (SSSR count). The summed E-state index contributed by atoms with van der Waals surface area (Å²) in [6.07, 6.45) is 4.99. The van der Waals surface area contributed by atoms with Gasteiger partial charge in [0.25, 0.3) is 11.5 Å². The number of amides is 1. The van der Waals surface area contributed by atoms with Crippen molar-refractivity contribution in [3.8, 4) is 0 Å². The lowest BCUT2D eigenvalue weighted by Gasteiger charge is -2.34. The molecule has 1 aliphatic carbocycles. The quantitative estimate of drug-likeness (QED) is 0.878. The first-order chi connectivity index (χ1) is 12.5. The van der Waals surface area contributed by atoms with Crippen molar-refractivity contribution < 1.29 is 4.79 Å². The van der Waals surface area contributed by atoms with Gasteiger partial charge in [-0.25, -0.2) is 0 Å². The fraction of sp³-hybridized carbons (Fsp3) is 0.429. The van der Waals surface area contributed by atoms with Gasteiger partial charge in [0, 0.05) is 23.3 Å². The zero-order valence-corrected chi connectivity index (χ0v) is 16.0. The van der Waals surface area contributed by atoms with Crippen molar-refractivity contribution in [3.63, 3.8) is 0 Å². The highest BCUT2D eigenvalue weighted by Crippen LogP contribution is 2.29. The van der Waals surface area contributed by atoms with Crippen molar-refractivity contribution in [2.24, 2.45) is 11.8 Å². The van der Waals surface area contributed by atoms with Gasteiger partial charge in [-0.05, 0) is 36.0 Å². The Bertz CT molecular complexity index is 846. The second kappa shape index (κ2) is 8.09. The van der Waals surface area contributed by atoms with Gasteiger partial charge in [-0.15, -0.1) is 0 Å². The van der Waals surface area contributed by atoms with Crippen LogP contribution in [0.3, 0.4) is 0 Å². The molecular formula is C21H25ClN2O2. The molecule has 1 heterocycles. The average molecular weight is 373 g/mol. The van der Waals surface area contributed by atoms with Gasteiger partial charge in [-0.1, -0.05) is 56.5 Å². The predicted octanol–water partition coefficient (Wildman–Crippen LogP) is 4.10. The van der Waals surface area contributed by atoms with Crippen LogP contribution in [-0.4, -0.2) is 16.5 Å². The Morgan fingerprint density at radius 1 is 1.19 bits per heavy atom. The topological polar surface area (TPSA) is 51.1 Å². The Labute approximate surface area is 159 Å². The molecule has 138 valence electrons. The van der Waals surface area contributed by atoms with Gasteiger partial charge in [0.2, 0.25) is 0 Å². The maximum Gasteiger partial charge on any atom is 0.252 e. The largest absolute Gasteiger partial charge is 0.349 e. The zero-order chi connectivity index (χ0) is 18.7. The summed E-state index contributed by atoms with van der Waals surface area (Å²) >= 11 is 6.19. The maximum atomic E-state index is 12.7. The summed E-state index contributed by atoms with van der Waals surface area (Å²) in [6.45, 7) is 4.79. The van der Waals surface area contributed by atoms with E-state index in [9.17, 15) is 9.59 Å². The average Bonchev–Trinajstić information content (AvgIpc) is 2.62. The molecule has 1 saturated carbocycles. The molecule has 0 saturated heterocycles. The van der Waals surface area contributed by atoms with E-state index in [2.05, 4.69) is 19.2 Å². The normalized spacial score (nSPS) is 22.8.